The molecule has 0 saturated heterocycles. The summed E-state index contributed by atoms with van der Waals surface area (Å²) in [4.78, 5) is 29.1. The Hall–Kier alpha value is -1.89. The molecule has 7 heteroatoms. The molecule has 20 heavy (non-hydrogen) atoms. The number of hydrogen-bond acceptors (Lipinski definition) is 4. The molecule has 0 amide bonds. The van der Waals surface area contributed by atoms with Gasteiger partial charge in [0, 0.05) is 35.6 Å². The first kappa shape index (κ1) is 5.85. The first-order chi connectivity index (χ1) is 13.8. The van der Waals surface area contributed by atoms with Crippen LogP contribution < -0.4 is 11.2 Å². The van der Waals surface area contributed by atoms with Crippen LogP contribution in [0.25, 0.3) is 11.2 Å². The van der Waals surface area contributed by atoms with E-state index in [1.54, 1.807) is 0 Å². The summed E-state index contributed by atoms with van der Waals surface area (Å²) in [5.74, 6) is 0. The van der Waals surface area contributed by atoms with E-state index in [2.05, 4.69) is 4.98 Å². The molecule has 0 bridgehead atoms. The maximum absolute atomic E-state index is 12.8. The summed E-state index contributed by atoms with van der Waals surface area (Å²) < 4.78 is 83.1. The number of fused-ring (bicyclic) bond motifs is 1. The zero-order valence-corrected chi connectivity index (χ0v) is 10.3. The van der Waals surface area contributed by atoms with E-state index in [0.29, 0.717) is 9.13 Å². The van der Waals surface area contributed by atoms with Crippen molar-refractivity contribution in [3.63, 3.8) is 0 Å². The molecule has 2 heterocycles. The van der Waals surface area contributed by atoms with Crippen molar-refractivity contribution in [1.29, 1.82) is 0 Å². The number of nitrogens with zero attached hydrogens (tertiary/aromatic N) is 4. The van der Waals surface area contributed by atoms with Crippen LogP contribution in [0.1, 0.15) is 41.1 Å². The zero-order chi connectivity index (χ0) is 24.2. The van der Waals surface area contributed by atoms with Gasteiger partial charge in [-0.1, -0.05) is 0 Å². The number of aromatic nitrogens is 4. The Balaban J connectivity index is 2.56. The smallest absolute Gasteiger partial charge is 0.332 e. The third-order valence-corrected chi connectivity index (χ3v) is 2.73. The third-order valence-electron chi connectivity index (χ3n) is 2.73. The van der Waals surface area contributed by atoms with Gasteiger partial charge in [0.2, 0.25) is 0 Å². The highest BCUT2D eigenvalue weighted by Crippen LogP contribution is 2.04. The molecule has 0 unspecified atom stereocenters. The molecule has 0 aliphatic heterocycles. The lowest BCUT2D eigenvalue weighted by Gasteiger charge is -2.09. The average Bonchev–Trinajstić information content (AvgIpc) is 2.99. The fourth-order valence-corrected chi connectivity index (χ4v) is 1.80. The van der Waals surface area contributed by atoms with E-state index in [1.807, 2.05) is 0 Å². The van der Waals surface area contributed by atoms with Crippen molar-refractivity contribution >= 4 is 11.2 Å². The van der Waals surface area contributed by atoms with Gasteiger partial charge in [0.15, 0.2) is 11.2 Å². The van der Waals surface area contributed by atoms with E-state index in [9.17, 15) is 14.7 Å². The fraction of sp³-hybridized carbons (Fsp3) is 0.615. The Bertz CT molecular complexity index is 1070. The monoisotopic (exact) mass is 291 g/mol. The van der Waals surface area contributed by atoms with Crippen LogP contribution in [0.4, 0.5) is 0 Å². The molecular weight excluding hydrogens is 260 g/mol. The molecule has 0 aromatic carbocycles. The lowest BCUT2D eigenvalue weighted by Crippen LogP contribution is -2.39. The van der Waals surface area contributed by atoms with Gasteiger partial charge >= 0.3 is 5.69 Å². The van der Waals surface area contributed by atoms with E-state index < -0.39 is 68.7 Å². The highest BCUT2D eigenvalue weighted by Gasteiger charge is 2.14. The third kappa shape index (κ3) is 2.53. The van der Waals surface area contributed by atoms with Crippen molar-refractivity contribution < 1.29 is 20.2 Å². The predicted octanol–water partition coefficient (Wildman–Crippen LogP) is -0.0152. The van der Waals surface area contributed by atoms with E-state index in [4.69, 9.17) is 15.1 Å². The van der Waals surface area contributed by atoms with Crippen molar-refractivity contribution in [3.8, 4) is 0 Å². The molecule has 110 valence electrons. The van der Waals surface area contributed by atoms with Crippen molar-refractivity contribution in [2.75, 3.05) is 0 Å². The second kappa shape index (κ2) is 5.62. The van der Waals surface area contributed by atoms with Crippen LogP contribution in [0.2, 0.25) is 0 Å². The van der Waals surface area contributed by atoms with E-state index in [0.717, 1.165) is 6.33 Å². The van der Waals surface area contributed by atoms with Crippen molar-refractivity contribution in [2.45, 2.75) is 38.7 Å². The minimum Gasteiger partial charge on any atom is -0.393 e. The second-order valence-corrected chi connectivity index (χ2v) is 4.07. The fourth-order valence-electron chi connectivity index (χ4n) is 1.80. The summed E-state index contributed by atoms with van der Waals surface area (Å²) in [6.45, 7) is -9.56. The molecule has 0 spiro atoms. The predicted molar refractivity (Wildman–Crippen MR) is 75.7 cm³/mol. The standard InChI is InChI=1S/C13H20N4O3/c1-9(18)6-4-5-7-17-12(19)10-11(14-8-15(10)2)16(3)13(17)20/h8-9,18H,4-7H2,1-3H3/t9-/m1/s1/i1D3,2D3,3D3,6D2. The Labute approximate surface area is 131 Å². The molecule has 1 atom stereocenters. The SMILES string of the molecule is [2H]C([2H])([2H])[C@@H](O)C([2H])([2H])CCCn1c(=O)c2c(ncn2C([2H])([2H])[2H])n(C([2H])([2H])[2H])c1=O. The van der Waals surface area contributed by atoms with Gasteiger partial charge in [-0.05, 0) is 26.1 Å². The average molecular weight is 291 g/mol. The topological polar surface area (TPSA) is 82.1 Å². The Kier molecular flexibility index (Phi) is 1.64. The van der Waals surface area contributed by atoms with Crippen LogP contribution in [0, 0.1) is 0 Å². The highest BCUT2D eigenvalue weighted by molar-refractivity contribution is 5.69. The number of aliphatic hydroxyl groups is 1. The van der Waals surface area contributed by atoms with Crippen molar-refractivity contribution in [2.24, 2.45) is 14.0 Å². The molecule has 2 rings (SSSR count). The van der Waals surface area contributed by atoms with Crippen molar-refractivity contribution in [1.82, 2.24) is 18.7 Å². The van der Waals surface area contributed by atoms with Gasteiger partial charge in [-0.3, -0.25) is 13.9 Å². The molecule has 0 fully saturated rings. The van der Waals surface area contributed by atoms with Crippen LogP contribution in [0.15, 0.2) is 15.9 Å². The quantitative estimate of drug-likeness (QED) is 0.839. The Morgan fingerprint density at radius 1 is 1.45 bits per heavy atom. The lowest BCUT2D eigenvalue weighted by atomic mass is 10.2. The summed E-state index contributed by atoms with van der Waals surface area (Å²) in [5.41, 5.74) is -3.76. The van der Waals surface area contributed by atoms with E-state index in [-0.39, 0.29) is 11.0 Å². The minimum absolute atomic E-state index is 0.192. The number of hydrogen-bond donors (Lipinski definition) is 1. The Morgan fingerprint density at radius 2 is 2.30 bits per heavy atom. The second-order valence-electron chi connectivity index (χ2n) is 4.07. The van der Waals surface area contributed by atoms with Gasteiger partial charge in [-0.15, -0.1) is 0 Å². The van der Waals surface area contributed by atoms with Gasteiger partial charge < -0.3 is 9.67 Å². The van der Waals surface area contributed by atoms with Crippen LogP contribution in [0.5, 0.6) is 0 Å². The number of rotatable bonds is 5. The van der Waals surface area contributed by atoms with Gasteiger partial charge in [0.05, 0.1) is 12.4 Å². The number of imidazole rings is 1. The molecule has 0 aliphatic carbocycles. The van der Waals surface area contributed by atoms with Gasteiger partial charge in [0.25, 0.3) is 5.56 Å². The highest BCUT2D eigenvalue weighted by atomic mass is 16.3. The molecule has 1 N–H and O–H groups in total. The molecule has 2 aromatic heterocycles. The summed E-state index contributed by atoms with van der Waals surface area (Å²) in [6, 6.07) is 0. The van der Waals surface area contributed by atoms with Gasteiger partial charge in [0.1, 0.15) is 0 Å². The summed E-state index contributed by atoms with van der Waals surface area (Å²) >= 11 is 0. The lowest BCUT2D eigenvalue weighted by molar-refractivity contribution is 0.180. The molecular formula is C13H20N4O3. The van der Waals surface area contributed by atoms with Crippen LogP contribution in [0.3, 0.4) is 0 Å². The van der Waals surface area contributed by atoms with Gasteiger partial charge in [-0.25, -0.2) is 9.78 Å². The largest absolute Gasteiger partial charge is 0.393 e. The van der Waals surface area contributed by atoms with Crippen LogP contribution in [-0.2, 0) is 20.5 Å². The first-order valence-electron chi connectivity index (χ1n) is 11.2. The summed E-state index contributed by atoms with van der Waals surface area (Å²) in [6.07, 6.45) is -5.11. The normalized spacial score (nSPS) is 23.8. The first-order valence-corrected chi connectivity index (χ1v) is 5.72. The molecule has 0 aliphatic rings. The van der Waals surface area contributed by atoms with E-state index >= 15 is 0 Å². The molecule has 7 nitrogen and oxygen atoms in total. The molecule has 0 radical (unpaired) electrons. The molecule has 2 aromatic rings. The maximum atomic E-state index is 12.8. The minimum atomic E-state index is -3.11. The maximum Gasteiger partial charge on any atom is 0.332 e. The molecule has 0 saturated carbocycles. The summed E-state index contributed by atoms with van der Waals surface area (Å²) in [7, 11) is 0. The Morgan fingerprint density at radius 3 is 3.00 bits per heavy atom. The zero-order valence-electron chi connectivity index (χ0n) is 21.3. The summed E-state index contributed by atoms with van der Waals surface area (Å²) in [5, 5.41) is 9.69. The van der Waals surface area contributed by atoms with E-state index in [1.165, 1.54) is 0 Å². The van der Waals surface area contributed by atoms with Crippen molar-refractivity contribution in [3.05, 3.63) is 27.2 Å². The van der Waals surface area contributed by atoms with Gasteiger partial charge in [-0.2, -0.15) is 0 Å². The van der Waals surface area contributed by atoms with Crippen LogP contribution >= 0.6 is 0 Å². The number of aryl methyl sites for hydroxylation is 2. The number of aliphatic hydroxyl groups excluding tert-OH is 1. The van der Waals surface area contributed by atoms with Crippen LogP contribution in [-0.4, -0.2) is 29.9 Å².